The topological polar surface area (TPSA) is 23.8 Å². The highest BCUT2D eigenvalue weighted by Crippen LogP contribution is 2.44. The molecule has 1 aromatic carbocycles. The Hall–Kier alpha value is -1.81. The van der Waals surface area contributed by atoms with Crippen LogP contribution in [0, 0.1) is 29.1 Å². The molecule has 0 aromatic heterocycles. The number of allylic oxidation sites excluding steroid dienone is 3. The lowest BCUT2D eigenvalue weighted by molar-refractivity contribution is 0.160. The van der Waals surface area contributed by atoms with E-state index in [1.165, 1.54) is 63.4 Å². The predicted octanol–water partition coefficient (Wildman–Crippen LogP) is 6.77. The summed E-state index contributed by atoms with van der Waals surface area (Å²) < 4.78 is 0. The molecule has 3 rings (SSSR count). The molecule has 0 saturated heterocycles. The zero-order valence-corrected chi connectivity index (χ0v) is 15.4. The van der Waals surface area contributed by atoms with Gasteiger partial charge in [-0.05, 0) is 99.2 Å². The van der Waals surface area contributed by atoms with Gasteiger partial charge in [0.1, 0.15) is 0 Å². The Morgan fingerprint density at radius 2 is 1.52 bits per heavy atom. The summed E-state index contributed by atoms with van der Waals surface area (Å²) in [5.74, 6) is 3.55. The fourth-order valence-corrected chi connectivity index (χ4v) is 5.02. The van der Waals surface area contributed by atoms with Crippen molar-refractivity contribution in [3.63, 3.8) is 0 Å². The van der Waals surface area contributed by atoms with Crippen LogP contribution in [0.5, 0.6) is 0 Å². The van der Waals surface area contributed by atoms with Crippen molar-refractivity contribution in [3.05, 3.63) is 60.2 Å². The molecule has 0 radical (unpaired) electrons. The second kappa shape index (κ2) is 9.04. The lowest BCUT2D eigenvalue weighted by Gasteiger charge is -2.38. The van der Waals surface area contributed by atoms with Crippen molar-refractivity contribution in [2.45, 2.75) is 63.7 Å². The van der Waals surface area contributed by atoms with E-state index in [1.54, 1.807) is 0 Å². The SMILES string of the molecule is C=C/C=C\CC1CCC(C2CCC(c3ccc(C#N)cc3)CC2)CC1. The Morgan fingerprint density at radius 1 is 0.920 bits per heavy atom. The molecular formula is C24H31N. The molecule has 0 heterocycles. The van der Waals surface area contributed by atoms with Crippen LogP contribution in [0.2, 0.25) is 0 Å². The number of rotatable bonds is 5. The van der Waals surface area contributed by atoms with Gasteiger partial charge in [0.25, 0.3) is 0 Å². The highest BCUT2D eigenvalue weighted by molar-refractivity contribution is 5.33. The molecule has 0 atom stereocenters. The number of hydrogen-bond donors (Lipinski definition) is 0. The molecule has 1 heteroatoms. The van der Waals surface area contributed by atoms with E-state index in [-0.39, 0.29) is 0 Å². The first kappa shape index (κ1) is 18.0. The average Bonchev–Trinajstić information content (AvgIpc) is 2.69. The number of nitriles is 1. The van der Waals surface area contributed by atoms with E-state index < -0.39 is 0 Å². The Morgan fingerprint density at radius 3 is 2.08 bits per heavy atom. The maximum absolute atomic E-state index is 8.94. The molecule has 0 aliphatic heterocycles. The second-order valence-corrected chi connectivity index (χ2v) is 8.03. The lowest BCUT2D eigenvalue weighted by Crippen LogP contribution is -2.25. The van der Waals surface area contributed by atoms with Gasteiger partial charge in [0.15, 0.2) is 0 Å². The highest BCUT2D eigenvalue weighted by Gasteiger charge is 2.30. The standard InChI is InChI=1S/C24H31N/c1-2-3-4-5-19-6-10-21(11-7-19)23-14-16-24(17-15-23)22-12-8-20(18-25)9-13-22/h2-4,8-9,12-13,19,21,23-24H,1,5-7,10-11,14-17H2/b4-3-. The summed E-state index contributed by atoms with van der Waals surface area (Å²) in [4.78, 5) is 0. The maximum atomic E-state index is 8.94. The Balaban J connectivity index is 1.44. The molecule has 2 aliphatic rings. The van der Waals surface area contributed by atoms with E-state index in [0.29, 0.717) is 5.92 Å². The molecule has 2 saturated carbocycles. The van der Waals surface area contributed by atoms with Crippen molar-refractivity contribution in [1.29, 1.82) is 5.26 Å². The van der Waals surface area contributed by atoms with Crippen molar-refractivity contribution in [2.75, 3.05) is 0 Å². The Kier molecular flexibility index (Phi) is 6.51. The number of nitrogens with zero attached hydrogens (tertiary/aromatic N) is 1. The summed E-state index contributed by atoms with van der Waals surface area (Å²) in [7, 11) is 0. The minimum absolute atomic E-state index is 0.712. The minimum atomic E-state index is 0.712. The first-order valence-electron chi connectivity index (χ1n) is 10.1. The van der Waals surface area contributed by atoms with Gasteiger partial charge in [-0.1, -0.05) is 36.9 Å². The summed E-state index contributed by atoms with van der Waals surface area (Å²) in [6.07, 6.45) is 18.7. The molecule has 25 heavy (non-hydrogen) atoms. The zero-order valence-electron chi connectivity index (χ0n) is 15.4. The normalized spacial score (nSPS) is 30.0. The second-order valence-electron chi connectivity index (χ2n) is 8.03. The molecule has 1 nitrogen and oxygen atoms in total. The van der Waals surface area contributed by atoms with Gasteiger partial charge in [0.2, 0.25) is 0 Å². The van der Waals surface area contributed by atoms with Gasteiger partial charge < -0.3 is 0 Å². The maximum Gasteiger partial charge on any atom is 0.0991 e. The molecule has 2 aliphatic carbocycles. The minimum Gasteiger partial charge on any atom is -0.192 e. The van der Waals surface area contributed by atoms with E-state index >= 15 is 0 Å². The molecule has 0 N–H and O–H groups in total. The molecule has 0 bridgehead atoms. The third kappa shape index (κ3) is 4.85. The van der Waals surface area contributed by atoms with Gasteiger partial charge >= 0.3 is 0 Å². The van der Waals surface area contributed by atoms with Crippen LogP contribution < -0.4 is 0 Å². The summed E-state index contributed by atoms with van der Waals surface area (Å²) in [6, 6.07) is 10.5. The smallest absolute Gasteiger partial charge is 0.0991 e. The van der Waals surface area contributed by atoms with Crippen LogP contribution in [-0.4, -0.2) is 0 Å². The number of hydrogen-bond acceptors (Lipinski definition) is 1. The molecule has 0 spiro atoms. The summed E-state index contributed by atoms with van der Waals surface area (Å²) >= 11 is 0. The highest BCUT2D eigenvalue weighted by atomic mass is 14.4. The van der Waals surface area contributed by atoms with E-state index in [4.69, 9.17) is 5.26 Å². The van der Waals surface area contributed by atoms with Crippen molar-refractivity contribution >= 4 is 0 Å². The van der Waals surface area contributed by atoms with Gasteiger partial charge in [-0.3, -0.25) is 0 Å². The third-order valence-corrected chi connectivity index (χ3v) is 6.58. The predicted molar refractivity (Wildman–Crippen MR) is 105 cm³/mol. The summed E-state index contributed by atoms with van der Waals surface area (Å²) in [5.41, 5.74) is 2.22. The van der Waals surface area contributed by atoms with Crippen molar-refractivity contribution in [2.24, 2.45) is 17.8 Å². The van der Waals surface area contributed by atoms with Gasteiger partial charge in [-0.2, -0.15) is 5.26 Å². The van der Waals surface area contributed by atoms with Gasteiger partial charge in [0, 0.05) is 0 Å². The number of benzene rings is 1. The largest absolute Gasteiger partial charge is 0.192 e. The first-order valence-corrected chi connectivity index (χ1v) is 10.1. The summed E-state index contributed by atoms with van der Waals surface area (Å²) in [6.45, 7) is 3.75. The third-order valence-electron chi connectivity index (χ3n) is 6.58. The molecular weight excluding hydrogens is 302 g/mol. The Bertz CT molecular complexity index is 602. The van der Waals surface area contributed by atoms with Crippen molar-refractivity contribution in [1.82, 2.24) is 0 Å². The fraction of sp³-hybridized carbons (Fsp3) is 0.542. The quantitative estimate of drug-likeness (QED) is 0.545. The molecule has 2 fully saturated rings. The summed E-state index contributed by atoms with van der Waals surface area (Å²) in [5, 5.41) is 8.94. The van der Waals surface area contributed by atoms with Crippen LogP contribution in [0.3, 0.4) is 0 Å². The van der Waals surface area contributed by atoms with Gasteiger partial charge in [0.05, 0.1) is 11.6 Å². The molecule has 1 aromatic rings. The molecule has 0 unspecified atom stereocenters. The van der Waals surface area contributed by atoms with Gasteiger partial charge in [-0.25, -0.2) is 0 Å². The Labute approximate surface area is 153 Å². The lowest BCUT2D eigenvalue weighted by atomic mass is 9.68. The molecule has 0 amide bonds. The van der Waals surface area contributed by atoms with Crippen LogP contribution in [-0.2, 0) is 0 Å². The van der Waals surface area contributed by atoms with Crippen LogP contribution in [0.4, 0.5) is 0 Å². The van der Waals surface area contributed by atoms with Crippen LogP contribution >= 0.6 is 0 Å². The van der Waals surface area contributed by atoms with Gasteiger partial charge in [-0.15, -0.1) is 0 Å². The van der Waals surface area contributed by atoms with Crippen LogP contribution in [0.1, 0.15) is 74.8 Å². The molecule has 132 valence electrons. The van der Waals surface area contributed by atoms with E-state index in [1.807, 2.05) is 18.2 Å². The van der Waals surface area contributed by atoms with Crippen molar-refractivity contribution < 1.29 is 0 Å². The fourth-order valence-electron chi connectivity index (χ4n) is 5.02. The van der Waals surface area contributed by atoms with E-state index in [9.17, 15) is 0 Å². The van der Waals surface area contributed by atoms with E-state index in [0.717, 1.165) is 23.3 Å². The van der Waals surface area contributed by atoms with Crippen LogP contribution in [0.15, 0.2) is 49.1 Å². The van der Waals surface area contributed by atoms with E-state index in [2.05, 4.69) is 36.9 Å². The zero-order chi connectivity index (χ0) is 17.5. The van der Waals surface area contributed by atoms with Crippen LogP contribution in [0.25, 0.3) is 0 Å². The monoisotopic (exact) mass is 333 g/mol. The first-order chi connectivity index (χ1) is 12.3. The average molecular weight is 334 g/mol. The van der Waals surface area contributed by atoms with Crippen molar-refractivity contribution in [3.8, 4) is 6.07 Å².